The minimum Gasteiger partial charge on any atom is -0.503 e. The van der Waals surface area contributed by atoms with Gasteiger partial charge < -0.3 is 9.84 Å². The first-order chi connectivity index (χ1) is 16.9. The molecule has 0 aliphatic carbocycles. The number of carbonyl (C=O) groups is 3. The highest BCUT2D eigenvalue weighted by atomic mass is 16.5. The van der Waals surface area contributed by atoms with Crippen molar-refractivity contribution in [3.63, 3.8) is 0 Å². The van der Waals surface area contributed by atoms with Gasteiger partial charge in [-0.1, -0.05) is 60.7 Å². The van der Waals surface area contributed by atoms with E-state index in [4.69, 9.17) is 4.74 Å². The van der Waals surface area contributed by atoms with Crippen LogP contribution in [0.4, 0.5) is 5.69 Å². The van der Waals surface area contributed by atoms with Crippen molar-refractivity contribution in [3.8, 4) is 0 Å². The van der Waals surface area contributed by atoms with Gasteiger partial charge in [0.05, 0.1) is 23.3 Å². The molecule has 6 nitrogen and oxygen atoms in total. The van der Waals surface area contributed by atoms with Gasteiger partial charge in [-0.15, -0.1) is 0 Å². The lowest BCUT2D eigenvalue weighted by Gasteiger charge is -2.27. The molecule has 1 heterocycles. The lowest BCUT2D eigenvalue weighted by atomic mass is 9.93. The van der Waals surface area contributed by atoms with Crippen molar-refractivity contribution in [3.05, 3.63) is 113 Å². The van der Waals surface area contributed by atoms with Crippen molar-refractivity contribution in [2.24, 2.45) is 0 Å². The quantitative estimate of drug-likeness (QED) is 0.450. The highest BCUT2D eigenvalue weighted by Crippen LogP contribution is 2.41. The zero-order valence-electron chi connectivity index (χ0n) is 19.7. The maximum Gasteiger partial charge on any atom is 0.338 e. The summed E-state index contributed by atoms with van der Waals surface area (Å²) in [5.41, 5.74) is 2.60. The zero-order valence-corrected chi connectivity index (χ0v) is 19.7. The van der Waals surface area contributed by atoms with E-state index in [0.29, 0.717) is 23.2 Å². The number of esters is 1. The smallest absolute Gasteiger partial charge is 0.338 e. The van der Waals surface area contributed by atoms with Crippen LogP contribution in [0.1, 0.15) is 47.8 Å². The van der Waals surface area contributed by atoms with E-state index < -0.39 is 23.7 Å². The van der Waals surface area contributed by atoms with Crippen molar-refractivity contribution >= 4 is 23.3 Å². The van der Waals surface area contributed by atoms with Crippen molar-refractivity contribution in [2.45, 2.75) is 38.8 Å². The second kappa shape index (κ2) is 10.4. The van der Waals surface area contributed by atoms with Gasteiger partial charge in [0, 0.05) is 12.1 Å². The molecule has 0 bridgehead atoms. The highest BCUT2D eigenvalue weighted by molar-refractivity contribution is 6.16. The van der Waals surface area contributed by atoms with Gasteiger partial charge in [0.15, 0.2) is 11.5 Å². The Morgan fingerprint density at radius 1 is 0.914 bits per heavy atom. The molecule has 1 aliphatic heterocycles. The monoisotopic (exact) mass is 469 g/mol. The average molecular weight is 470 g/mol. The summed E-state index contributed by atoms with van der Waals surface area (Å²) < 4.78 is 5.23. The number of ketones is 1. The van der Waals surface area contributed by atoms with E-state index in [0.717, 1.165) is 5.56 Å². The number of rotatable bonds is 8. The summed E-state index contributed by atoms with van der Waals surface area (Å²) in [6, 6.07) is 24.3. The molecule has 0 saturated carbocycles. The summed E-state index contributed by atoms with van der Waals surface area (Å²) in [5.74, 6) is -1.94. The molecule has 178 valence electrons. The molecule has 6 heteroatoms. The molecule has 1 amide bonds. The number of benzene rings is 3. The van der Waals surface area contributed by atoms with E-state index in [2.05, 4.69) is 0 Å². The number of ether oxygens (including phenoxy) is 1. The Morgan fingerprint density at radius 3 is 2.11 bits per heavy atom. The van der Waals surface area contributed by atoms with Gasteiger partial charge in [0.2, 0.25) is 0 Å². The number of anilines is 1. The van der Waals surface area contributed by atoms with E-state index in [1.807, 2.05) is 60.7 Å². The molecular weight excluding hydrogens is 442 g/mol. The third kappa shape index (κ3) is 5.17. The van der Waals surface area contributed by atoms with Gasteiger partial charge in [-0.3, -0.25) is 14.5 Å². The van der Waals surface area contributed by atoms with Gasteiger partial charge in [0.1, 0.15) is 0 Å². The minimum absolute atomic E-state index is 0.0837. The van der Waals surface area contributed by atoms with Crippen LogP contribution in [0.5, 0.6) is 0 Å². The molecule has 0 fully saturated rings. The molecule has 0 aromatic heterocycles. The number of amides is 1. The summed E-state index contributed by atoms with van der Waals surface area (Å²) in [5, 5.41) is 10.8. The van der Waals surface area contributed by atoms with Crippen LogP contribution in [0, 0.1) is 0 Å². The van der Waals surface area contributed by atoms with Crippen LogP contribution in [0.25, 0.3) is 0 Å². The minimum atomic E-state index is -0.777. The molecule has 35 heavy (non-hydrogen) atoms. The number of Topliss-reactive ketones (excluding diaryl/α,β-unsaturated/α-hetero) is 1. The fraction of sp³-hybridized carbons (Fsp3) is 0.207. The van der Waals surface area contributed by atoms with Crippen molar-refractivity contribution in [1.82, 2.24) is 0 Å². The summed E-state index contributed by atoms with van der Waals surface area (Å²) in [7, 11) is 0. The number of hydrogen-bond donors (Lipinski definition) is 1. The van der Waals surface area contributed by atoms with Crippen LogP contribution in [0.2, 0.25) is 0 Å². The van der Waals surface area contributed by atoms with Gasteiger partial charge in [-0.25, -0.2) is 4.79 Å². The van der Waals surface area contributed by atoms with Gasteiger partial charge >= 0.3 is 5.97 Å². The molecule has 0 spiro atoms. The Labute approximate surface area is 204 Å². The number of carbonyl (C=O) groups excluding carboxylic acids is 3. The van der Waals surface area contributed by atoms with E-state index in [1.54, 1.807) is 38.1 Å². The van der Waals surface area contributed by atoms with Crippen molar-refractivity contribution < 1.29 is 24.2 Å². The molecule has 3 aromatic carbocycles. The molecule has 1 aliphatic rings. The number of hydrogen-bond acceptors (Lipinski definition) is 5. The molecular formula is C29H27NO5. The lowest BCUT2D eigenvalue weighted by molar-refractivity contribution is -0.118. The topological polar surface area (TPSA) is 83.9 Å². The molecule has 3 aromatic rings. The summed E-state index contributed by atoms with van der Waals surface area (Å²) in [4.78, 5) is 40.2. The van der Waals surface area contributed by atoms with E-state index in [1.165, 1.54) is 4.90 Å². The second-order valence-corrected chi connectivity index (χ2v) is 8.66. The number of aryl methyl sites for hydroxylation is 1. The SMILES string of the molecule is CC(C)OC(=O)c1ccc(N2C(=O)C(O)=C(C(=O)CCc3ccccc3)C2c2ccccc2)cc1. The Bertz CT molecular complexity index is 1250. The predicted molar refractivity (Wildman–Crippen MR) is 133 cm³/mol. The standard InChI is InChI=1S/C29H27NO5/c1-19(2)35-29(34)22-14-16-23(17-15-22)30-26(21-11-7-4-8-12-21)25(27(32)28(30)33)24(31)18-13-20-9-5-3-6-10-20/h3-12,14-17,19,26,32H,13,18H2,1-2H3. The fourth-order valence-electron chi connectivity index (χ4n) is 4.18. The third-order valence-electron chi connectivity index (χ3n) is 5.83. The van der Waals surface area contributed by atoms with Crippen molar-refractivity contribution in [1.29, 1.82) is 0 Å². The zero-order chi connectivity index (χ0) is 24.9. The van der Waals surface area contributed by atoms with Crippen molar-refractivity contribution in [2.75, 3.05) is 4.90 Å². The molecule has 1 atom stereocenters. The van der Waals surface area contributed by atoms with Crippen LogP contribution in [0.15, 0.2) is 96.3 Å². The van der Waals surface area contributed by atoms with Crippen LogP contribution in [-0.4, -0.2) is 28.9 Å². The first-order valence-corrected chi connectivity index (χ1v) is 11.6. The lowest BCUT2D eigenvalue weighted by Crippen LogP contribution is -2.31. The number of nitrogens with zero attached hydrogens (tertiary/aromatic N) is 1. The summed E-state index contributed by atoms with van der Waals surface area (Å²) in [6.45, 7) is 3.54. The Balaban J connectivity index is 1.66. The molecule has 0 saturated heterocycles. The maximum atomic E-state index is 13.3. The van der Waals surface area contributed by atoms with Crippen LogP contribution in [-0.2, 0) is 20.7 Å². The number of aliphatic hydroxyl groups excluding tert-OH is 1. The summed E-state index contributed by atoms with van der Waals surface area (Å²) in [6.07, 6.45) is 0.405. The highest BCUT2D eigenvalue weighted by Gasteiger charge is 2.44. The first kappa shape index (κ1) is 24.0. The van der Waals surface area contributed by atoms with Crippen LogP contribution >= 0.6 is 0 Å². The van der Waals surface area contributed by atoms with Crippen LogP contribution in [0.3, 0.4) is 0 Å². The molecule has 1 N–H and O–H groups in total. The number of aliphatic hydroxyl groups is 1. The van der Waals surface area contributed by atoms with E-state index >= 15 is 0 Å². The normalized spacial score (nSPS) is 15.6. The van der Waals surface area contributed by atoms with E-state index in [-0.39, 0.29) is 23.9 Å². The molecule has 4 rings (SSSR count). The van der Waals surface area contributed by atoms with Crippen LogP contribution < -0.4 is 4.90 Å². The largest absolute Gasteiger partial charge is 0.503 e. The molecule has 1 unspecified atom stereocenters. The van der Waals surface area contributed by atoms with Gasteiger partial charge in [-0.05, 0) is 55.7 Å². The Morgan fingerprint density at radius 2 is 1.51 bits per heavy atom. The Kier molecular flexibility index (Phi) is 7.11. The van der Waals surface area contributed by atoms with E-state index in [9.17, 15) is 19.5 Å². The second-order valence-electron chi connectivity index (χ2n) is 8.66. The first-order valence-electron chi connectivity index (χ1n) is 11.6. The van der Waals surface area contributed by atoms with Gasteiger partial charge in [-0.2, -0.15) is 0 Å². The molecule has 0 radical (unpaired) electrons. The average Bonchev–Trinajstić information content (AvgIpc) is 3.14. The third-order valence-corrected chi connectivity index (χ3v) is 5.83. The maximum absolute atomic E-state index is 13.3. The summed E-state index contributed by atoms with van der Waals surface area (Å²) >= 11 is 0. The fourth-order valence-corrected chi connectivity index (χ4v) is 4.18. The predicted octanol–water partition coefficient (Wildman–Crippen LogP) is 5.35. The van der Waals surface area contributed by atoms with Gasteiger partial charge in [0.25, 0.3) is 5.91 Å². The Hall–Kier alpha value is -4.19.